The smallest absolute Gasteiger partial charge is 0.306 e. The highest BCUT2D eigenvalue weighted by Crippen LogP contribution is 2.48. The highest BCUT2D eigenvalue weighted by atomic mass is 32.2. The van der Waals surface area contributed by atoms with E-state index in [2.05, 4.69) is 9.97 Å². The minimum absolute atomic E-state index is 0.0731. The lowest BCUT2D eigenvalue weighted by Gasteiger charge is -2.17. The second kappa shape index (κ2) is 9.64. The van der Waals surface area contributed by atoms with Gasteiger partial charge in [-0.25, -0.2) is 19.6 Å². The summed E-state index contributed by atoms with van der Waals surface area (Å²) in [6.45, 7) is 5.77. The molecule has 0 radical (unpaired) electrons. The number of nitrogens with two attached hydrogens (primary N) is 1. The van der Waals surface area contributed by atoms with Gasteiger partial charge in [0, 0.05) is 29.9 Å². The van der Waals surface area contributed by atoms with E-state index >= 15 is 0 Å². The van der Waals surface area contributed by atoms with E-state index in [4.69, 9.17) is 24.7 Å². The number of nitrogens with zero attached hydrogens (tertiary/aromatic N) is 7. The van der Waals surface area contributed by atoms with Crippen LogP contribution in [0.1, 0.15) is 30.8 Å². The van der Waals surface area contributed by atoms with Crippen molar-refractivity contribution in [3.8, 4) is 22.8 Å². The maximum absolute atomic E-state index is 13.9. The third-order valence-electron chi connectivity index (χ3n) is 7.52. The number of hydrogen-bond acceptors (Lipinski definition) is 10. The molecule has 0 atom stereocenters. The molecule has 4 aromatic heterocycles. The van der Waals surface area contributed by atoms with Crippen molar-refractivity contribution in [1.82, 2.24) is 34.1 Å². The first-order valence-electron chi connectivity index (χ1n) is 13.8. The van der Waals surface area contributed by atoms with Crippen LogP contribution in [0.3, 0.4) is 0 Å². The number of aromatic nitrogens is 7. The van der Waals surface area contributed by atoms with Gasteiger partial charge in [-0.15, -0.1) is 0 Å². The fourth-order valence-electron chi connectivity index (χ4n) is 5.78. The first-order chi connectivity index (χ1) is 20.9. The van der Waals surface area contributed by atoms with Crippen LogP contribution in [-0.2, 0) is 23.1 Å². The van der Waals surface area contributed by atoms with E-state index in [1.165, 1.54) is 11.0 Å². The van der Waals surface area contributed by atoms with Crippen LogP contribution in [-0.4, -0.2) is 54.4 Å². The minimum atomic E-state index is -3.81. The summed E-state index contributed by atoms with van der Waals surface area (Å²) in [7, 11) is -3.81. The lowest BCUT2D eigenvalue weighted by Crippen LogP contribution is -2.31. The van der Waals surface area contributed by atoms with Crippen LogP contribution in [0.4, 0.5) is 5.82 Å². The van der Waals surface area contributed by atoms with Crippen LogP contribution in [0.15, 0.2) is 66.0 Å². The molecule has 1 aliphatic rings. The van der Waals surface area contributed by atoms with Gasteiger partial charge in [0.2, 0.25) is 0 Å². The number of hydrogen-bond donors (Lipinski definition) is 1. The van der Waals surface area contributed by atoms with E-state index in [0.29, 0.717) is 51.2 Å². The molecule has 2 N–H and O–H groups in total. The van der Waals surface area contributed by atoms with Crippen molar-refractivity contribution >= 4 is 37.9 Å². The third kappa shape index (κ3) is 4.54. The van der Waals surface area contributed by atoms with E-state index in [-0.39, 0.29) is 23.7 Å². The van der Waals surface area contributed by atoms with Gasteiger partial charge in [-0.2, -0.15) is 18.2 Å². The second-order valence-corrected chi connectivity index (χ2v) is 13.0. The average Bonchev–Trinajstić information content (AvgIpc) is 3.66. The number of anilines is 1. The maximum atomic E-state index is 13.9. The average molecular weight is 613 g/mol. The molecule has 0 bridgehead atoms. The Morgan fingerprint density at radius 1 is 1.07 bits per heavy atom. The molecule has 0 unspecified atom stereocenters. The molecule has 0 saturated carbocycles. The molecule has 13 nitrogen and oxygen atoms in total. The Kier molecular flexibility index (Phi) is 6.04. The van der Waals surface area contributed by atoms with E-state index in [1.807, 2.05) is 51.1 Å². The topological polar surface area (TPSA) is 162 Å². The molecule has 44 heavy (non-hydrogen) atoms. The Morgan fingerprint density at radius 2 is 1.84 bits per heavy atom. The molecule has 0 amide bonds. The van der Waals surface area contributed by atoms with Crippen molar-refractivity contribution in [2.45, 2.75) is 39.3 Å². The van der Waals surface area contributed by atoms with Crippen molar-refractivity contribution < 1.29 is 17.3 Å². The van der Waals surface area contributed by atoms with Crippen LogP contribution in [0.2, 0.25) is 0 Å². The highest BCUT2D eigenvalue weighted by Gasteiger charge is 2.37. The Morgan fingerprint density at radius 3 is 2.59 bits per heavy atom. The minimum Gasteiger partial charge on any atom is -0.483 e. The number of fused-ring (bicyclic) bond motifs is 3. The lowest BCUT2D eigenvalue weighted by atomic mass is 9.95. The summed E-state index contributed by atoms with van der Waals surface area (Å²) < 4.78 is 40.2. The van der Waals surface area contributed by atoms with Crippen LogP contribution in [0, 0.1) is 6.92 Å². The van der Waals surface area contributed by atoms with E-state index in [0.717, 1.165) is 17.4 Å². The summed E-state index contributed by atoms with van der Waals surface area (Å²) in [6, 6.07) is 12.5. The zero-order valence-corrected chi connectivity index (χ0v) is 25.2. The predicted molar refractivity (Wildman–Crippen MR) is 164 cm³/mol. The molecule has 0 spiro atoms. The number of ether oxygens (including phenoxy) is 1. The van der Waals surface area contributed by atoms with Gasteiger partial charge in [-0.3, -0.25) is 9.47 Å². The van der Waals surface area contributed by atoms with Crippen LogP contribution < -0.4 is 20.2 Å². The molecular weight excluding hydrogens is 584 g/mol. The first kappa shape index (κ1) is 27.6. The fraction of sp³-hybridized carbons (Fsp3) is 0.233. The fourth-order valence-corrected chi connectivity index (χ4v) is 6.24. The van der Waals surface area contributed by atoms with Gasteiger partial charge >= 0.3 is 10.1 Å². The van der Waals surface area contributed by atoms with Crippen molar-refractivity contribution in [1.29, 1.82) is 0 Å². The monoisotopic (exact) mass is 612 g/mol. The largest absolute Gasteiger partial charge is 0.483 e. The van der Waals surface area contributed by atoms with Crippen LogP contribution >= 0.6 is 0 Å². The molecular formula is C30H28N8O5S. The Hall–Kier alpha value is -5.24. The Labute approximate surface area is 251 Å². The third-order valence-corrected chi connectivity index (χ3v) is 8.00. The normalized spacial score (nSPS) is 14.2. The molecule has 5 heterocycles. The van der Waals surface area contributed by atoms with Crippen LogP contribution in [0.25, 0.3) is 33.2 Å². The summed E-state index contributed by atoms with van der Waals surface area (Å²) in [6.07, 6.45) is 6.34. The number of aryl methyl sites for hydroxylation is 1. The van der Waals surface area contributed by atoms with Gasteiger partial charge in [0.15, 0.2) is 23.0 Å². The molecule has 2 aromatic carbocycles. The van der Waals surface area contributed by atoms with E-state index in [1.54, 1.807) is 33.9 Å². The molecule has 7 rings (SSSR count). The zero-order chi connectivity index (χ0) is 31.0. The van der Waals surface area contributed by atoms with Gasteiger partial charge in [-0.1, -0.05) is 12.1 Å². The van der Waals surface area contributed by atoms with E-state index in [9.17, 15) is 13.2 Å². The SMILES string of the molecule is Cc1cccc2nc(Cn3nc(-c4ccc(OS(C)(=O)=O)c5c4CC(C)(C)O5)c4c(N)ncnc43)n(-n3cccc3)c(=O)c12. The summed E-state index contributed by atoms with van der Waals surface area (Å²) in [4.78, 5) is 27.5. The summed E-state index contributed by atoms with van der Waals surface area (Å²) >= 11 is 0. The number of benzene rings is 2. The molecule has 224 valence electrons. The predicted octanol–water partition coefficient (Wildman–Crippen LogP) is 3.31. The molecule has 0 aliphatic carbocycles. The van der Waals surface area contributed by atoms with Gasteiger partial charge in [0.25, 0.3) is 5.56 Å². The Bertz CT molecular complexity index is 2290. The molecule has 14 heteroatoms. The second-order valence-electron chi connectivity index (χ2n) is 11.4. The number of nitrogen functional groups attached to an aromatic ring is 1. The van der Waals surface area contributed by atoms with Gasteiger partial charge < -0.3 is 14.7 Å². The van der Waals surface area contributed by atoms with Gasteiger partial charge in [0.05, 0.1) is 22.5 Å². The van der Waals surface area contributed by atoms with Crippen molar-refractivity contribution in [3.63, 3.8) is 0 Å². The van der Waals surface area contributed by atoms with Crippen molar-refractivity contribution in [3.05, 3.63) is 88.5 Å². The molecule has 0 fully saturated rings. The Balaban J connectivity index is 1.45. The van der Waals surface area contributed by atoms with Gasteiger partial charge in [-0.05, 0) is 56.7 Å². The van der Waals surface area contributed by atoms with Crippen LogP contribution in [0.5, 0.6) is 11.5 Å². The van der Waals surface area contributed by atoms with Crippen molar-refractivity contribution in [2.24, 2.45) is 0 Å². The standard InChI is InChI=1S/C30H28N8O5S/c1-17-8-7-9-20-23(17)29(39)38(36-12-5-6-13-36)22(34-20)15-37-28-24(27(31)32-16-33-28)25(35-37)18-10-11-21(43-44(4,40)41)26-19(18)14-30(2,3)42-26/h5-13,16H,14-15H2,1-4H3,(H2,31,32,33). The lowest BCUT2D eigenvalue weighted by molar-refractivity contribution is 0.136. The number of rotatable bonds is 6. The summed E-state index contributed by atoms with van der Waals surface area (Å²) in [5.74, 6) is 1.05. The van der Waals surface area contributed by atoms with E-state index < -0.39 is 15.7 Å². The summed E-state index contributed by atoms with van der Waals surface area (Å²) in [5.41, 5.74) is 9.26. The molecule has 6 aromatic rings. The quantitative estimate of drug-likeness (QED) is 0.276. The summed E-state index contributed by atoms with van der Waals surface area (Å²) in [5, 5.41) is 5.98. The van der Waals surface area contributed by atoms with Crippen molar-refractivity contribution in [2.75, 3.05) is 12.0 Å². The molecule has 0 saturated heterocycles. The zero-order valence-electron chi connectivity index (χ0n) is 24.3. The maximum Gasteiger partial charge on any atom is 0.306 e. The molecule has 1 aliphatic heterocycles. The van der Waals surface area contributed by atoms with Gasteiger partial charge in [0.1, 0.15) is 30.0 Å². The highest BCUT2D eigenvalue weighted by molar-refractivity contribution is 7.86. The first-order valence-corrected chi connectivity index (χ1v) is 15.6.